The highest BCUT2D eigenvalue weighted by atomic mass is 32.1. The maximum Gasteiger partial charge on any atom is 0.404 e. The van der Waals surface area contributed by atoms with Gasteiger partial charge in [-0.1, -0.05) is 0 Å². The number of amides is 1. The van der Waals surface area contributed by atoms with E-state index < -0.39 is 6.09 Å². The number of hydrogen-bond acceptors (Lipinski definition) is 3. The maximum absolute atomic E-state index is 10.00. The van der Waals surface area contributed by atoms with Gasteiger partial charge in [-0.2, -0.15) is 0 Å². The second-order valence-corrected chi connectivity index (χ2v) is 2.89. The number of carboxylic acid groups (broad SMARTS) is 1. The molecule has 1 amide bonds. The van der Waals surface area contributed by atoms with E-state index in [2.05, 4.69) is 10.3 Å². The van der Waals surface area contributed by atoms with Crippen molar-refractivity contribution in [3.8, 4) is 0 Å². The monoisotopic (exact) mass is 172 g/mol. The summed E-state index contributed by atoms with van der Waals surface area (Å²) in [5.41, 5.74) is 0. The van der Waals surface area contributed by atoms with Crippen molar-refractivity contribution in [2.75, 3.05) is 6.54 Å². The van der Waals surface area contributed by atoms with E-state index in [1.54, 1.807) is 6.20 Å². The minimum Gasteiger partial charge on any atom is -0.465 e. The zero-order valence-corrected chi connectivity index (χ0v) is 6.60. The Morgan fingerprint density at radius 1 is 1.82 bits per heavy atom. The van der Waals surface area contributed by atoms with Crippen molar-refractivity contribution in [2.45, 2.75) is 6.42 Å². The molecule has 0 saturated heterocycles. The molecule has 1 heterocycles. The highest BCUT2D eigenvalue weighted by molar-refractivity contribution is 7.09. The third-order valence-electron chi connectivity index (χ3n) is 1.10. The Morgan fingerprint density at radius 2 is 2.64 bits per heavy atom. The molecule has 0 bridgehead atoms. The molecule has 0 aliphatic rings. The van der Waals surface area contributed by atoms with Crippen LogP contribution in [0.25, 0.3) is 0 Å². The summed E-state index contributed by atoms with van der Waals surface area (Å²) in [6.45, 7) is 0.433. The van der Waals surface area contributed by atoms with Crippen LogP contribution in [0.1, 0.15) is 5.01 Å². The molecule has 60 valence electrons. The molecule has 0 unspecified atom stereocenters. The number of thiazole rings is 1. The highest BCUT2D eigenvalue weighted by Gasteiger charge is 1.96. The fourth-order valence-electron chi connectivity index (χ4n) is 0.653. The molecule has 0 radical (unpaired) electrons. The van der Waals surface area contributed by atoms with Gasteiger partial charge in [0.25, 0.3) is 0 Å². The van der Waals surface area contributed by atoms with Crippen molar-refractivity contribution >= 4 is 17.4 Å². The van der Waals surface area contributed by atoms with Crippen LogP contribution in [0, 0.1) is 0 Å². The first-order chi connectivity index (χ1) is 5.29. The van der Waals surface area contributed by atoms with Crippen molar-refractivity contribution in [2.24, 2.45) is 0 Å². The van der Waals surface area contributed by atoms with Gasteiger partial charge in [-0.25, -0.2) is 9.78 Å². The van der Waals surface area contributed by atoms with Crippen molar-refractivity contribution < 1.29 is 9.90 Å². The van der Waals surface area contributed by atoms with Gasteiger partial charge in [0, 0.05) is 24.5 Å². The fourth-order valence-corrected chi connectivity index (χ4v) is 1.27. The van der Waals surface area contributed by atoms with E-state index in [4.69, 9.17) is 5.11 Å². The summed E-state index contributed by atoms with van der Waals surface area (Å²) in [5, 5.41) is 13.3. The maximum atomic E-state index is 10.00. The average Bonchev–Trinajstić information content (AvgIpc) is 2.39. The molecule has 11 heavy (non-hydrogen) atoms. The van der Waals surface area contributed by atoms with Crippen LogP contribution in [0.3, 0.4) is 0 Å². The molecular weight excluding hydrogens is 164 g/mol. The normalized spacial score (nSPS) is 9.45. The van der Waals surface area contributed by atoms with Gasteiger partial charge in [-0.15, -0.1) is 11.3 Å². The Bertz CT molecular complexity index is 222. The lowest BCUT2D eigenvalue weighted by molar-refractivity contribution is 0.194. The SMILES string of the molecule is O=C(O)NCCc1nccs1. The smallest absolute Gasteiger partial charge is 0.404 e. The van der Waals surface area contributed by atoms with E-state index in [0.29, 0.717) is 13.0 Å². The van der Waals surface area contributed by atoms with Gasteiger partial charge >= 0.3 is 6.09 Å². The first kappa shape index (κ1) is 8.00. The first-order valence-corrected chi connectivity index (χ1v) is 4.02. The van der Waals surface area contributed by atoms with Gasteiger partial charge in [-0.05, 0) is 0 Å². The Labute approximate surface area is 67.9 Å². The molecule has 5 heteroatoms. The highest BCUT2D eigenvalue weighted by Crippen LogP contribution is 2.03. The summed E-state index contributed by atoms with van der Waals surface area (Å²) in [5.74, 6) is 0. The predicted octanol–water partition coefficient (Wildman–Crippen LogP) is 0.953. The van der Waals surface area contributed by atoms with Crippen LogP contribution in [-0.4, -0.2) is 22.7 Å². The van der Waals surface area contributed by atoms with Gasteiger partial charge in [0.05, 0.1) is 5.01 Å². The Morgan fingerprint density at radius 3 is 3.18 bits per heavy atom. The third kappa shape index (κ3) is 2.99. The van der Waals surface area contributed by atoms with Gasteiger partial charge in [0.2, 0.25) is 0 Å². The molecule has 0 aliphatic carbocycles. The molecule has 4 nitrogen and oxygen atoms in total. The van der Waals surface area contributed by atoms with E-state index in [1.165, 1.54) is 11.3 Å². The summed E-state index contributed by atoms with van der Waals surface area (Å²) in [7, 11) is 0. The van der Waals surface area contributed by atoms with Crippen molar-refractivity contribution in [1.82, 2.24) is 10.3 Å². The molecule has 1 rings (SSSR count). The standard InChI is InChI=1S/C6H8N2O2S/c9-6(10)8-2-1-5-7-3-4-11-5/h3-4,8H,1-2H2,(H,9,10). The molecule has 0 atom stereocenters. The largest absolute Gasteiger partial charge is 0.465 e. The zero-order chi connectivity index (χ0) is 8.10. The van der Waals surface area contributed by atoms with Crippen LogP contribution < -0.4 is 5.32 Å². The van der Waals surface area contributed by atoms with Crippen molar-refractivity contribution in [3.05, 3.63) is 16.6 Å². The molecular formula is C6H8N2O2S. The topological polar surface area (TPSA) is 62.2 Å². The molecule has 1 aromatic rings. The van der Waals surface area contributed by atoms with Gasteiger partial charge in [-0.3, -0.25) is 0 Å². The van der Waals surface area contributed by atoms with E-state index in [1.807, 2.05) is 5.38 Å². The summed E-state index contributed by atoms with van der Waals surface area (Å²) < 4.78 is 0. The number of hydrogen-bond donors (Lipinski definition) is 2. The summed E-state index contributed by atoms with van der Waals surface area (Å²) in [6.07, 6.45) is 1.40. The lowest BCUT2D eigenvalue weighted by Crippen LogP contribution is -2.23. The van der Waals surface area contributed by atoms with Crippen LogP contribution in [-0.2, 0) is 6.42 Å². The van der Waals surface area contributed by atoms with Crippen LogP contribution in [0.5, 0.6) is 0 Å². The van der Waals surface area contributed by atoms with Crippen molar-refractivity contribution in [1.29, 1.82) is 0 Å². The lowest BCUT2D eigenvalue weighted by atomic mass is 10.4. The first-order valence-electron chi connectivity index (χ1n) is 3.14. The van der Waals surface area contributed by atoms with Gasteiger partial charge < -0.3 is 10.4 Å². The minimum absolute atomic E-state index is 0.433. The average molecular weight is 172 g/mol. The fraction of sp³-hybridized carbons (Fsp3) is 0.333. The molecule has 1 aromatic heterocycles. The zero-order valence-electron chi connectivity index (χ0n) is 5.78. The molecule has 0 fully saturated rings. The van der Waals surface area contributed by atoms with E-state index >= 15 is 0 Å². The van der Waals surface area contributed by atoms with Crippen molar-refractivity contribution in [3.63, 3.8) is 0 Å². The number of carbonyl (C=O) groups is 1. The molecule has 0 spiro atoms. The van der Waals surface area contributed by atoms with Crippen LogP contribution in [0.2, 0.25) is 0 Å². The Balaban J connectivity index is 2.19. The Hall–Kier alpha value is -1.10. The quantitative estimate of drug-likeness (QED) is 0.713. The number of rotatable bonds is 3. The van der Waals surface area contributed by atoms with Crippen LogP contribution in [0.15, 0.2) is 11.6 Å². The van der Waals surface area contributed by atoms with E-state index in [-0.39, 0.29) is 0 Å². The van der Waals surface area contributed by atoms with Gasteiger partial charge in [0.1, 0.15) is 0 Å². The summed E-state index contributed by atoms with van der Waals surface area (Å²) >= 11 is 1.53. The van der Waals surface area contributed by atoms with Crippen LogP contribution >= 0.6 is 11.3 Å². The number of nitrogens with zero attached hydrogens (tertiary/aromatic N) is 1. The summed E-state index contributed by atoms with van der Waals surface area (Å²) in [6, 6.07) is 0. The molecule has 0 aromatic carbocycles. The Kier molecular flexibility index (Phi) is 2.85. The molecule has 2 N–H and O–H groups in total. The second kappa shape index (κ2) is 3.92. The summed E-state index contributed by atoms with van der Waals surface area (Å²) in [4.78, 5) is 14.0. The number of nitrogens with one attached hydrogen (secondary N) is 1. The van der Waals surface area contributed by atoms with E-state index in [0.717, 1.165) is 5.01 Å². The minimum atomic E-state index is -0.985. The van der Waals surface area contributed by atoms with E-state index in [9.17, 15) is 4.79 Å². The molecule has 0 aliphatic heterocycles. The lowest BCUT2D eigenvalue weighted by Gasteiger charge is -1.95. The van der Waals surface area contributed by atoms with Crippen LogP contribution in [0.4, 0.5) is 4.79 Å². The third-order valence-corrected chi connectivity index (χ3v) is 1.94. The molecule has 0 saturated carbocycles. The number of aromatic nitrogens is 1. The predicted molar refractivity (Wildman–Crippen MR) is 41.8 cm³/mol. The second-order valence-electron chi connectivity index (χ2n) is 1.91. The van der Waals surface area contributed by atoms with Gasteiger partial charge in [0.15, 0.2) is 0 Å².